The van der Waals surface area contributed by atoms with Crippen LogP contribution in [0.25, 0.3) is 0 Å². The van der Waals surface area contributed by atoms with Crippen LogP contribution < -0.4 is 10.7 Å². The van der Waals surface area contributed by atoms with Crippen molar-refractivity contribution in [1.82, 2.24) is 9.97 Å². The maximum atomic E-state index is 12.0. The fourth-order valence-corrected chi connectivity index (χ4v) is 2.41. The molecular formula is C14H13N2O3S-. The summed E-state index contributed by atoms with van der Waals surface area (Å²) in [4.78, 5) is 29.3. The summed E-state index contributed by atoms with van der Waals surface area (Å²) in [7, 11) is 0. The molecule has 0 aliphatic carbocycles. The van der Waals surface area contributed by atoms with Crippen LogP contribution in [0, 0.1) is 6.92 Å². The number of nitrogens with zero attached hydrogens (tertiary/aromatic N) is 1. The molecule has 0 unspecified atom stereocenters. The lowest BCUT2D eigenvalue weighted by molar-refractivity contribution is -0.301. The first-order valence-electron chi connectivity index (χ1n) is 6.02. The van der Waals surface area contributed by atoms with Crippen molar-refractivity contribution in [3.63, 3.8) is 0 Å². The number of hydrogen-bond donors (Lipinski definition) is 1. The molecule has 0 radical (unpaired) electrons. The lowest BCUT2D eigenvalue weighted by Gasteiger charge is -2.07. The standard InChI is InChI=1S/C14H14N2O3S/c1-9-11(7-10-5-3-2-4-6-10)13(19)16-14(15-9)20-8-12(17)18/h2-6H,7-8H2,1H3,(H,17,18)(H,15,16,19)/p-1. The van der Waals surface area contributed by atoms with Crippen LogP contribution in [-0.2, 0) is 11.2 Å². The molecule has 0 saturated heterocycles. The number of H-pyrrole nitrogens is 1. The largest absolute Gasteiger partial charge is 0.549 e. The van der Waals surface area contributed by atoms with Crippen LogP contribution in [0.5, 0.6) is 0 Å². The van der Waals surface area contributed by atoms with E-state index in [1.165, 1.54) is 0 Å². The van der Waals surface area contributed by atoms with Crippen LogP contribution in [0.1, 0.15) is 16.8 Å². The summed E-state index contributed by atoms with van der Waals surface area (Å²) >= 11 is 0.943. The van der Waals surface area contributed by atoms with E-state index in [1.54, 1.807) is 6.92 Å². The van der Waals surface area contributed by atoms with E-state index < -0.39 is 5.97 Å². The van der Waals surface area contributed by atoms with Crippen LogP contribution in [0.15, 0.2) is 40.3 Å². The molecule has 0 atom stereocenters. The first kappa shape index (κ1) is 14.3. The maximum Gasteiger partial charge on any atom is 0.255 e. The van der Waals surface area contributed by atoms with Crippen LogP contribution in [0.2, 0.25) is 0 Å². The summed E-state index contributed by atoms with van der Waals surface area (Å²) in [6, 6.07) is 9.63. The van der Waals surface area contributed by atoms with Crippen molar-refractivity contribution in [2.45, 2.75) is 18.5 Å². The minimum absolute atomic E-state index is 0.234. The Bertz CT molecular complexity index is 668. The third kappa shape index (κ3) is 3.71. The van der Waals surface area contributed by atoms with Crippen LogP contribution >= 0.6 is 11.8 Å². The third-order valence-electron chi connectivity index (χ3n) is 2.75. The Morgan fingerprint density at radius 3 is 2.65 bits per heavy atom. The van der Waals surface area contributed by atoms with Gasteiger partial charge in [-0.3, -0.25) is 4.79 Å². The zero-order valence-corrected chi connectivity index (χ0v) is 11.7. The molecule has 0 aliphatic rings. The molecule has 2 rings (SSSR count). The third-order valence-corrected chi connectivity index (χ3v) is 3.60. The highest BCUT2D eigenvalue weighted by molar-refractivity contribution is 7.99. The minimum atomic E-state index is -1.19. The van der Waals surface area contributed by atoms with Gasteiger partial charge in [-0.2, -0.15) is 0 Å². The smallest absolute Gasteiger partial charge is 0.255 e. The van der Waals surface area contributed by atoms with E-state index in [4.69, 9.17) is 0 Å². The fourth-order valence-electron chi connectivity index (χ4n) is 1.79. The molecule has 1 N–H and O–H groups in total. The minimum Gasteiger partial charge on any atom is -0.549 e. The molecular weight excluding hydrogens is 276 g/mol. The summed E-state index contributed by atoms with van der Waals surface area (Å²) < 4.78 is 0. The molecule has 20 heavy (non-hydrogen) atoms. The Morgan fingerprint density at radius 2 is 2.05 bits per heavy atom. The van der Waals surface area contributed by atoms with E-state index in [2.05, 4.69) is 9.97 Å². The van der Waals surface area contributed by atoms with E-state index in [0.29, 0.717) is 22.8 Å². The quantitative estimate of drug-likeness (QED) is 0.640. The summed E-state index contributed by atoms with van der Waals surface area (Å²) in [6.45, 7) is 1.75. The molecule has 1 aromatic heterocycles. The predicted octanol–water partition coefficient (Wildman–Crippen LogP) is 0.511. The molecule has 1 heterocycles. The number of nitrogens with one attached hydrogen (secondary N) is 1. The van der Waals surface area contributed by atoms with Crippen LogP contribution in [0.4, 0.5) is 0 Å². The number of carbonyl (C=O) groups is 1. The number of rotatable bonds is 5. The number of thioether (sulfide) groups is 1. The van der Waals surface area contributed by atoms with Gasteiger partial charge in [-0.1, -0.05) is 42.1 Å². The van der Waals surface area contributed by atoms with E-state index in [-0.39, 0.29) is 11.3 Å². The molecule has 0 amide bonds. The number of carboxylic acid groups (broad SMARTS) is 1. The van der Waals surface area contributed by atoms with Crippen LogP contribution in [-0.4, -0.2) is 21.7 Å². The Morgan fingerprint density at radius 1 is 1.35 bits per heavy atom. The second kappa shape index (κ2) is 6.38. The van der Waals surface area contributed by atoms with Gasteiger partial charge in [0.2, 0.25) is 0 Å². The van der Waals surface area contributed by atoms with E-state index in [1.807, 2.05) is 30.3 Å². The van der Waals surface area contributed by atoms with Crippen molar-refractivity contribution in [2.24, 2.45) is 0 Å². The molecule has 0 spiro atoms. The summed E-state index contributed by atoms with van der Waals surface area (Å²) in [6.07, 6.45) is 0.500. The molecule has 1 aromatic carbocycles. The second-order valence-electron chi connectivity index (χ2n) is 4.26. The number of benzene rings is 1. The summed E-state index contributed by atoms with van der Waals surface area (Å²) in [5.74, 6) is -1.43. The average Bonchev–Trinajstić information content (AvgIpc) is 2.42. The molecule has 2 aromatic rings. The number of aliphatic carboxylic acids is 1. The predicted molar refractivity (Wildman–Crippen MR) is 74.6 cm³/mol. The Hall–Kier alpha value is -2.08. The van der Waals surface area contributed by atoms with Crippen molar-refractivity contribution >= 4 is 17.7 Å². The van der Waals surface area contributed by atoms with Crippen molar-refractivity contribution in [3.05, 3.63) is 57.5 Å². The highest BCUT2D eigenvalue weighted by Gasteiger charge is 2.09. The van der Waals surface area contributed by atoms with Gasteiger partial charge in [-0.15, -0.1) is 0 Å². The SMILES string of the molecule is Cc1nc(SCC(=O)[O-])[nH]c(=O)c1Cc1ccccc1. The van der Waals surface area contributed by atoms with Crippen molar-refractivity contribution < 1.29 is 9.90 Å². The molecule has 104 valence electrons. The second-order valence-corrected chi connectivity index (χ2v) is 5.22. The zero-order chi connectivity index (χ0) is 14.5. The van der Waals surface area contributed by atoms with E-state index in [0.717, 1.165) is 17.3 Å². The van der Waals surface area contributed by atoms with Gasteiger partial charge in [0.15, 0.2) is 5.16 Å². The van der Waals surface area contributed by atoms with Gasteiger partial charge in [0.25, 0.3) is 5.56 Å². The van der Waals surface area contributed by atoms with Gasteiger partial charge in [-0.05, 0) is 12.5 Å². The van der Waals surface area contributed by atoms with Gasteiger partial charge < -0.3 is 14.9 Å². The molecule has 0 saturated carbocycles. The van der Waals surface area contributed by atoms with Crippen molar-refractivity contribution in [3.8, 4) is 0 Å². The number of aromatic nitrogens is 2. The maximum absolute atomic E-state index is 12.0. The lowest BCUT2D eigenvalue weighted by atomic mass is 10.1. The van der Waals surface area contributed by atoms with Gasteiger partial charge in [0, 0.05) is 23.4 Å². The highest BCUT2D eigenvalue weighted by Crippen LogP contribution is 2.13. The molecule has 0 aliphatic heterocycles. The van der Waals surface area contributed by atoms with Crippen LogP contribution in [0.3, 0.4) is 0 Å². The van der Waals surface area contributed by atoms with Crippen molar-refractivity contribution in [2.75, 3.05) is 5.75 Å². The number of aryl methyl sites for hydroxylation is 1. The molecule has 5 nitrogen and oxygen atoms in total. The zero-order valence-electron chi connectivity index (χ0n) is 10.9. The van der Waals surface area contributed by atoms with E-state index >= 15 is 0 Å². The number of aromatic amines is 1. The van der Waals surface area contributed by atoms with Gasteiger partial charge in [-0.25, -0.2) is 4.98 Å². The molecule has 6 heteroatoms. The topological polar surface area (TPSA) is 85.9 Å². The normalized spacial score (nSPS) is 10.4. The van der Waals surface area contributed by atoms with Gasteiger partial charge >= 0.3 is 0 Å². The van der Waals surface area contributed by atoms with E-state index in [9.17, 15) is 14.7 Å². The average molecular weight is 289 g/mol. The number of hydrogen-bond acceptors (Lipinski definition) is 5. The highest BCUT2D eigenvalue weighted by atomic mass is 32.2. The molecule has 0 fully saturated rings. The number of carbonyl (C=O) groups excluding carboxylic acids is 1. The Labute approximate surface area is 120 Å². The summed E-state index contributed by atoms with van der Waals surface area (Å²) in [5, 5.41) is 10.7. The number of carboxylic acids is 1. The summed E-state index contributed by atoms with van der Waals surface area (Å²) in [5.41, 5.74) is 1.99. The van der Waals surface area contributed by atoms with Gasteiger partial charge in [0.05, 0.1) is 5.97 Å². The first-order chi connectivity index (χ1) is 9.56. The Balaban J connectivity index is 2.23. The monoisotopic (exact) mass is 289 g/mol. The van der Waals surface area contributed by atoms with Gasteiger partial charge in [0.1, 0.15) is 0 Å². The molecule has 0 bridgehead atoms. The lowest BCUT2D eigenvalue weighted by Crippen LogP contribution is -2.25. The first-order valence-corrected chi connectivity index (χ1v) is 7.01. The van der Waals surface area contributed by atoms with Crippen molar-refractivity contribution in [1.29, 1.82) is 0 Å². The Kier molecular flexibility index (Phi) is 4.57. The fraction of sp³-hybridized carbons (Fsp3) is 0.214.